The maximum Gasteiger partial charge on any atom is 0.386 e. The lowest BCUT2D eigenvalue weighted by Gasteiger charge is -2.28. The number of imidazole rings is 2. The van der Waals surface area contributed by atoms with E-state index in [2.05, 4.69) is 42.2 Å². The van der Waals surface area contributed by atoms with E-state index < -0.39 is 85.3 Å². The van der Waals surface area contributed by atoms with Crippen molar-refractivity contribution in [3.05, 3.63) is 39.7 Å². The average molecular weight is 726 g/mol. The Morgan fingerprint density at radius 3 is 2.60 bits per heavy atom. The highest BCUT2D eigenvalue weighted by Crippen LogP contribution is 2.59. The number of aliphatic hydroxyl groups is 1. The number of thiol groups is 1. The molecule has 7 heterocycles. The lowest BCUT2D eigenvalue weighted by atomic mass is 10.1. The summed E-state index contributed by atoms with van der Waals surface area (Å²) in [5, 5.41) is 9.40. The van der Waals surface area contributed by atoms with Gasteiger partial charge in [-0.15, -0.1) is 11.8 Å². The van der Waals surface area contributed by atoms with E-state index in [1.807, 2.05) is 0 Å². The number of H-pyrrole nitrogens is 2. The maximum absolute atomic E-state index is 16.0. The van der Waals surface area contributed by atoms with E-state index in [0.717, 1.165) is 29.0 Å². The lowest BCUT2D eigenvalue weighted by Crippen LogP contribution is -2.35. The summed E-state index contributed by atoms with van der Waals surface area (Å²) in [6.07, 6.45) is -5.73. The first-order chi connectivity index (χ1) is 21.3. The molecule has 3 aliphatic rings. The van der Waals surface area contributed by atoms with Crippen molar-refractivity contribution in [3.63, 3.8) is 0 Å². The molecule has 3 aliphatic heterocycles. The van der Waals surface area contributed by atoms with Gasteiger partial charge in [0.05, 0.1) is 43.5 Å². The van der Waals surface area contributed by atoms with Crippen LogP contribution in [-0.2, 0) is 39.2 Å². The zero-order valence-corrected chi connectivity index (χ0v) is 26.5. The van der Waals surface area contributed by atoms with E-state index in [4.69, 9.17) is 40.4 Å². The number of aliphatic hydroxyl groups excluding tert-OH is 1. The number of anilines is 1. The molecule has 0 aliphatic carbocycles. The van der Waals surface area contributed by atoms with E-state index in [0.29, 0.717) is 0 Å². The Hall–Kier alpha value is -2.27. The van der Waals surface area contributed by atoms with Gasteiger partial charge in [0.25, 0.3) is 11.1 Å². The number of nitrogens with zero attached hydrogens (tertiary/aromatic N) is 6. The van der Waals surface area contributed by atoms with Gasteiger partial charge < -0.3 is 30.0 Å². The zero-order valence-electron chi connectivity index (χ0n) is 22.2. The van der Waals surface area contributed by atoms with Crippen LogP contribution in [-0.4, -0.2) is 98.1 Å². The van der Waals surface area contributed by atoms with Crippen molar-refractivity contribution in [2.75, 3.05) is 18.9 Å². The van der Waals surface area contributed by atoms with Crippen LogP contribution >= 0.6 is 37.5 Å². The first kappa shape index (κ1) is 31.3. The number of halogens is 1. The fraction of sp³-hybridized carbons (Fsp3) is 0.500. The van der Waals surface area contributed by atoms with E-state index in [1.165, 1.54) is 10.9 Å². The fourth-order valence-electron chi connectivity index (χ4n) is 5.25. The van der Waals surface area contributed by atoms with Gasteiger partial charge in [-0.3, -0.25) is 37.3 Å². The number of nitrogens with two attached hydrogens (primary N) is 1. The number of hydrogen-bond donors (Lipinski definition) is 6. The second kappa shape index (κ2) is 11.5. The van der Waals surface area contributed by atoms with Gasteiger partial charge in [0.15, 0.2) is 34.7 Å². The Balaban J connectivity index is 1.21. The molecule has 242 valence electrons. The van der Waals surface area contributed by atoms with Crippen LogP contribution in [0.15, 0.2) is 28.6 Å². The van der Waals surface area contributed by atoms with Crippen LogP contribution in [0.1, 0.15) is 11.6 Å². The van der Waals surface area contributed by atoms with Gasteiger partial charge in [-0.25, -0.2) is 23.9 Å². The molecule has 25 heteroatoms. The molecule has 10 atom stereocenters. The predicted molar refractivity (Wildman–Crippen MR) is 161 cm³/mol. The molecule has 3 fully saturated rings. The van der Waals surface area contributed by atoms with Crippen LogP contribution in [0.4, 0.5) is 10.3 Å². The van der Waals surface area contributed by atoms with Crippen LogP contribution in [0.3, 0.4) is 0 Å². The molecular weight excluding hydrogens is 703 g/mol. The molecule has 0 amide bonds. The maximum atomic E-state index is 16.0. The molecule has 19 nitrogen and oxygen atoms in total. The molecule has 0 radical (unpaired) electrons. The quantitative estimate of drug-likeness (QED) is 0.118. The number of thioether (sulfide) groups is 1. The molecule has 3 saturated heterocycles. The standard InChI is InChI=1S/C20H22FN9O10P2S3/c21-8-12-6(38-18(8)29-4-25-9-14(29)23-3-24-16(9)32)1-36-41(34,43)40-13-11(31)7(2-37-42(35,44)39-12)45-19(13)30-5-26-10-15(30)27-20(22)28-17(10)33/h3-8,11-13,18-19,31H,1-2H2,(H,34,43)(H,35,44)(H,23,24,32)(H3,22,27,28,33)/t6-,7-,8+,11-,12-,13-,18-,19-,41?,42?/m1/s1. The van der Waals surface area contributed by atoms with Gasteiger partial charge in [-0.05, 0) is 11.8 Å². The van der Waals surface area contributed by atoms with Crippen molar-refractivity contribution in [2.24, 2.45) is 0 Å². The normalized spacial score (nSPS) is 37.7. The molecule has 0 spiro atoms. The Morgan fingerprint density at radius 2 is 1.82 bits per heavy atom. The molecule has 6 N–H and O–H groups in total. The zero-order chi connectivity index (χ0) is 31.8. The number of rotatable bonds is 2. The number of hydrogen-bond acceptors (Lipinski definition) is 16. The monoisotopic (exact) mass is 725 g/mol. The van der Waals surface area contributed by atoms with Gasteiger partial charge in [0.2, 0.25) is 5.95 Å². The molecule has 2 bridgehead atoms. The largest absolute Gasteiger partial charge is 0.389 e. The van der Waals surface area contributed by atoms with Crippen molar-refractivity contribution in [2.45, 2.75) is 47.4 Å². The lowest BCUT2D eigenvalue weighted by molar-refractivity contribution is -0.0446. The van der Waals surface area contributed by atoms with Crippen LogP contribution in [0.25, 0.3) is 22.3 Å². The van der Waals surface area contributed by atoms with Crippen LogP contribution in [0, 0.1) is 0 Å². The molecule has 0 saturated carbocycles. The van der Waals surface area contributed by atoms with Gasteiger partial charge in [-0.1, -0.05) is 12.2 Å². The minimum absolute atomic E-state index is 0.000859. The molecule has 45 heavy (non-hydrogen) atoms. The van der Waals surface area contributed by atoms with Crippen molar-refractivity contribution in [1.82, 2.24) is 39.0 Å². The van der Waals surface area contributed by atoms with Crippen LogP contribution in [0.2, 0.25) is 0 Å². The Kier molecular flexibility index (Phi) is 7.98. The van der Waals surface area contributed by atoms with Gasteiger partial charge in [0, 0.05) is 0 Å². The number of nitrogens with one attached hydrogen (secondary N) is 2. The number of alkyl halides is 1. The predicted octanol–water partition coefficient (Wildman–Crippen LogP) is 0.117. The number of ether oxygens (including phenoxy) is 1. The van der Waals surface area contributed by atoms with E-state index in [-0.39, 0.29) is 28.3 Å². The molecule has 7 rings (SSSR count). The Labute approximate surface area is 263 Å². The van der Waals surface area contributed by atoms with E-state index >= 15 is 4.39 Å². The third-order valence-corrected chi connectivity index (χ3v) is 12.0. The van der Waals surface area contributed by atoms with Gasteiger partial charge in [0.1, 0.15) is 23.7 Å². The van der Waals surface area contributed by atoms with Crippen molar-refractivity contribution in [3.8, 4) is 0 Å². The minimum atomic E-state index is -4.36. The summed E-state index contributed by atoms with van der Waals surface area (Å²) in [6.45, 7) is -9.66. The van der Waals surface area contributed by atoms with Crippen LogP contribution in [0.5, 0.6) is 0 Å². The summed E-state index contributed by atoms with van der Waals surface area (Å²) in [6, 6.07) is 0. The van der Waals surface area contributed by atoms with Crippen LogP contribution < -0.4 is 16.9 Å². The third kappa shape index (κ3) is 5.68. The summed E-state index contributed by atoms with van der Waals surface area (Å²) < 4.78 is 60.1. The highest BCUT2D eigenvalue weighted by atomic mass is 32.7. The van der Waals surface area contributed by atoms with Gasteiger partial charge in [-0.2, -0.15) is 4.98 Å². The summed E-state index contributed by atoms with van der Waals surface area (Å²) in [5.41, 5.74) is 4.48. The van der Waals surface area contributed by atoms with E-state index in [9.17, 15) is 24.2 Å². The summed E-state index contributed by atoms with van der Waals surface area (Å²) in [5.74, 6) is -0.192. The summed E-state index contributed by atoms with van der Waals surface area (Å²) in [4.78, 5) is 56.5. The molecule has 4 aromatic rings. The molecule has 0 aromatic carbocycles. The van der Waals surface area contributed by atoms with Crippen molar-refractivity contribution >= 4 is 77.6 Å². The summed E-state index contributed by atoms with van der Waals surface area (Å²) >= 11 is 10.3. The molecule has 4 aromatic heterocycles. The number of fused-ring (bicyclic) bond motifs is 5. The topological polar surface area (TPSA) is 257 Å². The highest BCUT2D eigenvalue weighted by molar-refractivity contribution is 8.44. The number of aromatic amines is 2. The second-order valence-corrected chi connectivity index (χ2v) is 17.1. The Morgan fingerprint density at radius 1 is 1.09 bits per heavy atom. The molecule has 2 unspecified atom stereocenters. The first-order valence-electron chi connectivity index (χ1n) is 12.9. The molecular formula is C20H22FN9O10P2S3. The van der Waals surface area contributed by atoms with Crippen molar-refractivity contribution in [1.29, 1.82) is 0 Å². The smallest absolute Gasteiger partial charge is 0.386 e. The number of aromatic nitrogens is 8. The highest BCUT2D eigenvalue weighted by Gasteiger charge is 2.53. The van der Waals surface area contributed by atoms with E-state index in [1.54, 1.807) is 0 Å². The summed E-state index contributed by atoms with van der Waals surface area (Å²) in [7, 11) is 0. The Bertz CT molecular complexity index is 2010. The second-order valence-electron chi connectivity index (χ2n) is 10.1. The fourth-order valence-corrected chi connectivity index (χ4v) is 9.84. The van der Waals surface area contributed by atoms with Crippen molar-refractivity contribution < 1.29 is 41.8 Å². The first-order valence-corrected chi connectivity index (χ1v) is 19.1. The average Bonchev–Trinajstić information content (AvgIpc) is 3.72. The number of nitrogen functional groups attached to an aromatic ring is 1. The SMILES string of the molecule is Nc1nc2c(ncn2[C@@H]2S[C@@H]3COP(=O)(S)O[C@H]4[C@H](F)[C@H](n5cnc6c(=O)[nH]cnc65)O[C@@H]4COP(O)(=S)O[C@@H]2[C@@H]3O)c(=O)[nH]1. The third-order valence-electron chi connectivity index (χ3n) is 7.26. The van der Waals surface area contributed by atoms with Gasteiger partial charge >= 0.3 is 13.5 Å². The minimum Gasteiger partial charge on any atom is -0.389 e.